The Morgan fingerprint density at radius 3 is 2.45 bits per heavy atom. The molecule has 4 nitrogen and oxygen atoms in total. The number of hydrogen-bond acceptors (Lipinski definition) is 3. The summed E-state index contributed by atoms with van der Waals surface area (Å²) in [6, 6.07) is 8.17. The van der Waals surface area contributed by atoms with Crippen molar-refractivity contribution in [2.24, 2.45) is 0 Å². The topological polar surface area (TPSA) is 38.8 Å². The molecule has 0 radical (unpaired) electrons. The quantitative estimate of drug-likeness (QED) is 0.628. The van der Waals surface area contributed by atoms with Crippen molar-refractivity contribution in [3.63, 3.8) is 0 Å². The van der Waals surface area contributed by atoms with E-state index in [1.54, 1.807) is 13.0 Å². The number of likely N-dealkylation sites (tertiary alicyclic amines) is 1. The van der Waals surface area contributed by atoms with Gasteiger partial charge in [0.1, 0.15) is 17.3 Å². The molecule has 2 aromatic carbocycles. The van der Waals surface area contributed by atoms with E-state index in [0.717, 1.165) is 12.1 Å². The molecule has 3 rings (SSSR count). The first-order valence-electron chi connectivity index (χ1n) is 8.90. The Labute approximate surface area is 163 Å². The molecule has 0 bridgehead atoms. The van der Waals surface area contributed by atoms with Crippen LogP contribution in [0.15, 0.2) is 42.5 Å². The average molecular weight is 415 g/mol. The van der Waals surface area contributed by atoms with Crippen LogP contribution >= 0.6 is 0 Å². The van der Waals surface area contributed by atoms with Gasteiger partial charge in [0, 0.05) is 13.0 Å². The number of carbonyl (C=O) groups is 1. The van der Waals surface area contributed by atoms with Crippen molar-refractivity contribution in [3.8, 4) is 11.5 Å². The molecule has 1 aliphatic heterocycles. The second kappa shape index (κ2) is 8.26. The van der Waals surface area contributed by atoms with Gasteiger partial charge in [-0.05, 0) is 36.8 Å². The van der Waals surface area contributed by atoms with Gasteiger partial charge in [-0.2, -0.15) is 0 Å². The molecule has 1 heterocycles. The maximum atomic E-state index is 14.5. The summed E-state index contributed by atoms with van der Waals surface area (Å²) in [5.74, 6) is -1.63. The fourth-order valence-corrected chi connectivity index (χ4v) is 3.33. The Hall–Kier alpha value is -2.84. The van der Waals surface area contributed by atoms with Gasteiger partial charge in [0.05, 0.1) is 18.2 Å². The summed E-state index contributed by atoms with van der Waals surface area (Å²) < 4.78 is 74.8. The number of hydrogen-bond donors (Lipinski definition) is 0. The molecule has 0 unspecified atom stereocenters. The van der Waals surface area contributed by atoms with Crippen molar-refractivity contribution >= 4 is 5.91 Å². The van der Waals surface area contributed by atoms with Crippen LogP contribution < -0.4 is 9.47 Å². The molecule has 0 N–H and O–H groups in total. The lowest BCUT2D eigenvalue weighted by Gasteiger charge is -2.26. The summed E-state index contributed by atoms with van der Waals surface area (Å²) in [6.45, 7) is 1.88. The van der Waals surface area contributed by atoms with Crippen molar-refractivity contribution in [3.05, 3.63) is 59.4 Å². The molecule has 0 saturated carbocycles. The first-order chi connectivity index (χ1) is 13.7. The van der Waals surface area contributed by atoms with Crippen molar-refractivity contribution < 1.29 is 36.2 Å². The number of amides is 1. The normalized spacial score (nSPS) is 19.5. The number of alkyl halides is 4. The third-order valence-corrected chi connectivity index (χ3v) is 4.51. The van der Waals surface area contributed by atoms with Gasteiger partial charge in [-0.3, -0.25) is 4.79 Å². The summed E-state index contributed by atoms with van der Waals surface area (Å²) in [4.78, 5) is 13.5. The van der Waals surface area contributed by atoms with E-state index in [2.05, 4.69) is 4.74 Å². The minimum absolute atomic E-state index is 0.0832. The fraction of sp³-hybridized carbons (Fsp3) is 0.350. The molecular formula is C20H18F5NO3. The first kappa shape index (κ1) is 20.9. The molecule has 156 valence electrons. The summed E-state index contributed by atoms with van der Waals surface area (Å²) in [6.07, 6.45) is -6.86. The Morgan fingerprint density at radius 2 is 1.83 bits per heavy atom. The Morgan fingerprint density at radius 1 is 1.14 bits per heavy atom. The first-order valence-corrected chi connectivity index (χ1v) is 8.90. The van der Waals surface area contributed by atoms with Gasteiger partial charge < -0.3 is 14.4 Å². The van der Waals surface area contributed by atoms with Crippen LogP contribution in [-0.4, -0.2) is 29.9 Å². The molecule has 0 aromatic heterocycles. The third-order valence-electron chi connectivity index (χ3n) is 4.51. The molecule has 2 atom stereocenters. The summed E-state index contributed by atoms with van der Waals surface area (Å²) >= 11 is 0. The second-order valence-corrected chi connectivity index (χ2v) is 6.46. The highest BCUT2D eigenvalue weighted by atomic mass is 19.4. The minimum atomic E-state index is -4.82. The van der Waals surface area contributed by atoms with Crippen LogP contribution in [0.2, 0.25) is 0 Å². The van der Waals surface area contributed by atoms with Crippen molar-refractivity contribution in [1.29, 1.82) is 0 Å². The molecule has 2 aromatic rings. The molecule has 1 saturated heterocycles. The predicted molar refractivity (Wildman–Crippen MR) is 93.5 cm³/mol. The molecule has 0 spiro atoms. The maximum absolute atomic E-state index is 14.5. The highest BCUT2D eigenvalue weighted by Crippen LogP contribution is 2.41. The van der Waals surface area contributed by atoms with Crippen molar-refractivity contribution in [2.75, 3.05) is 6.61 Å². The number of rotatable bonds is 6. The van der Waals surface area contributed by atoms with E-state index < -0.39 is 36.0 Å². The number of ether oxygens (including phenoxy) is 2. The van der Waals surface area contributed by atoms with Gasteiger partial charge in [0.15, 0.2) is 6.17 Å². The molecule has 9 heteroatoms. The Balaban J connectivity index is 1.87. The smallest absolute Gasteiger partial charge is 0.493 e. The van der Waals surface area contributed by atoms with Gasteiger partial charge in [0.25, 0.3) is 5.91 Å². The zero-order valence-electron chi connectivity index (χ0n) is 15.4. The fourth-order valence-electron chi connectivity index (χ4n) is 3.33. The Kier molecular flexibility index (Phi) is 5.95. The minimum Gasteiger partial charge on any atom is -0.493 e. The lowest BCUT2D eigenvalue weighted by Crippen LogP contribution is -2.30. The number of benzene rings is 2. The van der Waals surface area contributed by atoms with E-state index in [1.807, 2.05) is 0 Å². The van der Waals surface area contributed by atoms with Crippen LogP contribution in [0, 0.1) is 5.82 Å². The summed E-state index contributed by atoms with van der Waals surface area (Å²) in [7, 11) is 0. The van der Waals surface area contributed by atoms with Gasteiger partial charge in [-0.15, -0.1) is 13.2 Å². The van der Waals surface area contributed by atoms with Crippen LogP contribution in [-0.2, 0) is 11.3 Å². The molecule has 1 fully saturated rings. The van der Waals surface area contributed by atoms with Crippen LogP contribution in [0.3, 0.4) is 0 Å². The monoisotopic (exact) mass is 415 g/mol. The lowest BCUT2D eigenvalue weighted by atomic mass is 10.0. The highest BCUT2D eigenvalue weighted by Gasteiger charge is 2.42. The van der Waals surface area contributed by atoms with Crippen molar-refractivity contribution in [1.82, 2.24) is 4.90 Å². The van der Waals surface area contributed by atoms with Gasteiger partial charge in [0.2, 0.25) is 0 Å². The van der Waals surface area contributed by atoms with E-state index >= 15 is 0 Å². The maximum Gasteiger partial charge on any atom is 0.573 e. The van der Waals surface area contributed by atoms with E-state index in [1.165, 1.54) is 29.2 Å². The van der Waals surface area contributed by atoms with Gasteiger partial charge in [-0.25, -0.2) is 8.78 Å². The molecule has 1 aliphatic rings. The van der Waals surface area contributed by atoms with Crippen LogP contribution in [0.5, 0.6) is 11.5 Å². The highest BCUT2D eigenvalue weighted by molar-refractivity contribution is 5.84. The van der Waals surface area contributed by atoms with Crippen molar-refractivity contribution in [2.45, 2.75) is 38.5 Å². The van der Waals surface area contributed by atoms with Crippen LogP contribution in [0.25, 0.3) is 0 Å². The SMILES string of the molecule is CCOc1cccc(F)c1[C@@H]1C[C@H](F)C(=O)N1Cc1ccc(OC(F)(F)F)cc1. The molecular weight excluding hydrogens is 397 g/mol. The summed E-state index contributed by atoms with van der Waals surface area (Å²) in [5, 5.41) is 0. The zero-order chi connectivity index (χ0) is 21.2. The third kappa shape index (κ3) is 4.78. The molecule has 1 amide bonds. The zero-order valence-corrected chi connectivity index (χ0v) is 15.4. The summed E-state index contributed by atoms with van der Waals surface area (Å²) in [5.41, 5.74) is 0.529. The second-order valence-electron chi connectivity index (χ2n) is 6.46. The predicted octanol–water partition coefficient (Wildman–Crippen LogP) is 4.93. The number of halogens is 5. The van der Waals surface area contributed by atoms with Gasteiger partial charge >= 0.3 is 6.36 Å². The van der Waals surface area contributed by atoms with E-state index in [-0.39, 0.29) is 30.9 Å². The van der Waals surface area contributed by atoms with Gasteiger partial charge in [-0.1, -0.05) is 18.2 Å². The standard InChI is InChI=1S/C20H18F5NO3/c1-2-28-17-5-3-4-14(21)18(17)16-10-15(22)19(27)26(16)11-12-6-8-13(9-7-12)29-20(23,24)25/h3-9,15-16H,2,10-11H2,1H3/t15-,16-/m0/s1. The number of nitrogens with zero attached hydrogens (tertiary/aromatic N) is 1. The van der Waals surface area contributed by atoms with E-state index in [4.69, 9.17) is 4.74 Å². The molecule has 0 aliphatic carbocycles. The van der Waals surface area contributed by atoms with Crippen LogP contribution in [0.4, 0.5) is 22.0 Å². The Bertz CT molecular complexity index is 869. The van der Waals surface area contributed by atoms with E-state index in [0.29, 0.717) is 5.56 Å². The largest absolute Gasteiger partial charge is 0.573 e. The molecule has 29 heavy (non-hydrogen) atoms. The van der Waals surface area contributed by atoms with E-state index in [9.17, 15) is 26.7 Å². The number of carbonyl (C=O) groups excluding carboxylic acids is 1. The van der Waals surface area contributed by atoms with Crippen LogP contribution in [0.1, 0.15) is 30.5 Å². The average Bonchev–Trinajstić information content (AvgIpc) is 2.91. The lowest BCUT2D eigenvalue weighted by molar-refractivity contribution is -0.274.